The van der Waals surface area contributed by atoms with Crippen molar-refractivity contribution in [2.45, 2.75) is 24.5 Å². The fourth-order valence-electron chi connectivity index (χ4n) is 1.85. The molecular formula is C13H12FNO5S. The number of hydrogen-bond acceptors (Lipinski definition) is 5. The number of hydrogen-bond donors (Lipinski definition) is 1. The Labute approximate surface area is 120 Å². The second kappa shape index (κ2) is 5.28. The Bertz CT molecular complexity index is 790. The number of halogens is 1. The van der Waals surface area contributed by atoms with Crippen LogP contribution in [-0.2, 0) is 15.6 Å². The van der Waals surface area contributed by atoms with Crippen molar-refractivity contribution in [1.82, 2.24) is 5.16 Å². The van der Waals surface area contributed by atoms with E-state index >= 15 is 0 Å². The van der Waals surface area contributed by atoms with Gasteiger partial charge in [-0.25, -0.2) is 17.6 Å². The molecule has 8 heteroatoms. The Kier molecular flexibility index (Phi) is 3.82. The zero-order valence-corrected chi connectivity index (χ0v) is 12.1. The summed E-state index contributed by atoms with van der Waals surface area (Å²) >= 11 is 0. The molecule has 0 saturated heterocycles. The number of sulfone groups is 1. The summed E-state index contributed by atoms with van der Waals surface area (Å²) in [4.78, 5) is 10.2. The van der Waals surface area contributed by atoms with E-state index in [0.717, 1.165) is 18.2 Å². The number of rotatable bonds is 4. The van der Waals surface area contributed by atoms with Crippen molar-refractivity contribution in [3.8, 4) is 0 Å². The lowest BCUT2D eigenvalue weighted by molar-refractivity contribution is 0.0696. The normalized spacial score (nSPS) is 11.6. The summed E-state index contributed by atoms with van der Waals surface area (Å²) in [5.74, 6) is -2.50. The van der Waals surface area contributed by atoms with Gasteiger partial charge in [0, 0.05) is 5.56 Å². The van der Waals surface area contributed by atoms with Crippen LogP contribution in [0.5, 0.6) is 0 Å². The number of nitrogens with zero attached hydrogens (tertiary/aromatic N) is 1. The SMILES string of the molecule is Cc1noc(C)c1CS(=O)(=O)c1cc(C(=O)O)ccc1F. The lowest BCUT2D eigenvalue weighted by Crippen LogP contribution is -2.10. The number of aromatic nitrogens is 1. The molecule has 2 aromatic rings. The molecule has 21 heavy (non-hydrogen) atoms. The van der Waals surface area contributed by atoms with E-state index in [2.05, 4.69) is 5.16 Å². The average molecular weight is 313 g/mol. The molecule has 0 atom stereocenters. The van der Waals surface area contributed by atoms with E-state index in [-0.39, 0.29) is 5.56 Å². The summed E-state index contributed by atoms with van der Waals surface area (Å²) in [6.45, 7) is 3.13. The second-order valence-electron chi connectivity index (χ2n) is 4.51. The average Bonchev–Trinajstić information content (AvgIpc) is 2.70. The van der Waals surface area contributed by atoms with Crippen LogP contribution in [0.15, 0.2) is 27.6 Å². The molecule has 1 aromatic carbocycles. The van der Waals surface area contributed by atoms with Crippen LogP contribution in [0.4, 0.5) is 4.39 Å². The molecule has 6 nitrogen and oxygen atoms in total. The smallest absolute Gasteiger partial charge is 0.335 e. The molecule has 0 saturated carbocycles. The molecule has 0 amide bonds. The van der Waals surface area contributed by atoms with E-state index in [0.29, 0.717) is 17.0 Å². The highest BCUT2D eigenvalue weighted by atomic mass is 32.2. The predicted molar refractivity (Wildman–Crippen MR) is 70.2 cm³/mol. The molecule has 2 rings (SSSR count). The van der Waals surface area contributed by atoms with Gasteiger partial charge in [-0.05, 0) is 32.0 Å². The quantitative estimate of drug-likeness (QED) is 0.928. The molecule has 0 fully saturated rings. The number of carboxylic acid groups (broad SMARTS) is 1. The van der Waals surface area contributed by atoms with Crippen molar-refractivity contribution in [3.63, 3.8) is 0 Å². The van der Waals surface area contributed by atoms with Gasteiger partial charge in [-0.3, -0.25) is 0 Å². The van der Waals surface area contributed by atoms with Crippen LogP contribution >= 0.6 is 0 Å². The van der Waals surface area contributed by atoms with Gasteiger partial charge >= 0.3 is 5.97 Å². The maximum absolute atomic E-state index is 13.7. The third kappa shape index (κ3) is 2.94. The van der Waals surface area contributed by atoms with E-state index < -0.39 is 32.3 Å². The van der Waals surface area contributed by atoms with Gasteiger partial charge in [-0.1, -0.05) is 5.16 Å². The van der Waals surface area contributed by atoms with Crippen LogP contribution in [0, 0.1) is 19.7 Å². The molecule has 0 radical (unpaired) electrons. The Morgan fingerprint density at radius 3 is 2.57 bits per heavy atom. The number of benzene rings is 1. The monoisotopic (exact) mass is 313 g/mol. The summed E-state index contributed by atoms with van der Waals surface area (Å²) in [7, 11) is -4.05. The highest BCUT2D eigenvalue weighted by Gasteiger charge is 2.25. The highest BCUT2D eigenvalue weighted by Crippen LogP contribution is 2.24. The van der Waals surface area contributed by atoms with Gasteiger partial charge in [0.25, 0.3) is 0 Å². The first-order chi connectivity index (χ1) is 9.72. The fraction of sp³-hybridized carbons (Fsp3) is 0.231. The maximum Gasteiger partial charge on any atom is 0.335 e. The van der Waals surface area contributed by atoms with Gasteiger partial charge < -0.3 is 9.63 Å². The first-order valence-electron chi connectivity index (χ1n) is 5.89. The van der Waals surface area contributed by atoms with Crippen LogP contribution in [0.2, 0.25) is 0 Å². The first kappa shape index (κ1) is 15.2. The van der Waals surface area contributed by atoms with Gasteiger partial charge in [-0.15, -0.1) is 0 Å². The minimum Gasteiger partial charge on any atom is -0.478 e. The van der Waals surface area contributed by atoms with E-state index in [1.54, 1.807) is 13.8 Å². The van der Waals surface area contributed by atoms with Gasteiger partial charge in [0.05, 0.1) is 17.0 Å². The summed E-state index contributed by atoms with van der Waals surface area (Å²) in [6.07, 6.45) is 0. The summed E-state index contributed by atoms with van der Waals surface area (Å²) in [6, 6.07) is 2.64. The molecule has 1 heterocycles. The number of carboxylic acids is 1. The molecule has 1 N–H and O–H groups in total. The van der Waals surface area contributed by atoms with Gasteiger partial charge in [-0.2, -0.15) is 0 Å². The van der Waals surface area contributed by atoms with E-state index in [4.69, 9.17) is 9.63 Å². The van der Waals surface area contributed by atoms with Crippen LogP contribution in [0.25, 0.3) is 0 Å². The predicted octanol–water partition coefficient (Wildman–Crippen LogP) is 2.10. The number of aromatic carboxylic acids is 1. The Hall–Kier alpha value is -2.22. The molecule has 0 aliphatic rings. The Morgan fingerprint density at radius 1 is 1.38 bits per heavy atom. The molecule has 112 valence electrons. The van der Waals surface area contributed by atoms with Gasteiger partial charge in [0.1, 0.15) is 16.5 Å². The van der Waals surface area contributed by atoms with Crippen molar-refractivity contribution in [1.29, 1.82) is 0 Å². The summed E-state index contributed by atoms with van der Waals surface area (Å²) in [5.41, 5.74) is 0.440. The van der Waals surface area contributed by atoms with E-state index in [1.165, 1.54) is 0 Å². The largest absolute Gasteiger partial charge is 0.478 e. The number of aryl methyl sites for hydroxylation is 2. The lowest BCUT2D eigenvalue weighted by atomic mass is 10.2. The minimum atomic E-state index is -4.05. The van der Waals surface area contributed by atoms with Crippen LogP contribution in [0.1, 0.15) is 27.4 Å². The molecular weight excluding hydrogens is 301 g/mol. The molecule has 0 aliphatic carbocycles. The van der Waals surface area contributed by atoms with Crippen molar-refractivity contribution < 1.29 is 27.2 Å². The topological polar surface area (TPSA) is 97.5 Å². The van der Waals surface area contributed by atoms with Crippen LogP contribution in [0.3, 0.4) is 0 Å². The maximum atomic E-state index is 13.7. The van der Waals surface area contributed by atoms with E-state index in [9.17, 15) is 17.6 Å². The van der Waals surface area contributed by atoms with Crippen molar-refractivity contribution in [3.05, 3.63) is 46.6 Å². The third-order valence-corrected chi connectivity index (χ3v) is 4.68. The lowest BCUT2D eigenvalue weighted by Gasteiger charge is -2.06. The summed E-state index contributed by atoms with van der Waals surface area (Å²) < 4.78 is 43.2. The highest BCUT2D eigenvalue weighted by molar-refractivity contribution is 7.90. The van der Waals surface area contributed by atoms with Crippen molar-refractivity contribution >= 4 is 15.8 Å². The molecule has 0 aliphatic heterocycles. The zero-order valence-electron chi connectivity index (χ0n) is 11.3. The van der Waals surface area contributed by atoms with Crippen molar-refractivity contribution in [2.24, 2.45) is 0 Å². The standard InChI is InChI=1S/C13H12FNO5S/c1-7-10(8(2)20-15-7)6-21(18,19)12-5-9(13(16)17)3-4-11(12)14/h3-5H,6H2,1-2H3,(H,16,17). The fourth-order valence-corrected chi connectivity index (χ4v) is 3.47. The minimum absolute atomic E-state index is 0.297. The Balaban J connectivity index is 2.49. The summed E-state index contributed by atoms with van der Waals surface area (Å²) in [5, 5.41) is 12.5. The second-order valence-corrected chi connectivity index (χ2v) is 6.47. The van der Waals surface area contributed by atoms with Gasteiger partial charge in [0.15, 0.2) is 9.84 Å². The number of carbonyl (C=O) groups is 1. The van der Waals surface area contributed by atoms with Crippen LogP contribution in [-0.4, -0.2) is 24.7 Å². The third-order valence-electron chi connectivity index (χ3n) is 3.03. The molecule has 1 aromatic heterocycles. The van der Waals surface area contributed by atoms with E-state index in [1.807, 2.05) is 0 Å². The molecule has 0 unspecified atom stereocenters. The van der Waals surface area contributed by atoms with Crippen molar-refractivity contribution in [2.75, 3.05) is 0 Å². The Morgan fingerprint density at radius 2 is 2.05 bits per heavy atom. The molecule has 0 bridgehead atoms. The van der Waals surface area contributed by atoms with Crippen LogP contribution < -0.4 is 0 Å². The molecule has 0 spiro atoms. The zero-order chi connectivity index (χ0) is 15.8. The van der Waals surface area contributed by atoms with Gasteiger partial charge in [0.2, 0.25) is 0 Å². The first-order valence-corrected chi connectivity index (χ1v) is 7.55.